The van der Waals surface area contributed by atoms with Crippen LogP contribution in [0.25, 0.3) is 76.8 Å². The van der Waals surface area contributed by atoms with Crippen LogP contribution in [0.1, 0.15) is 38.4 Å². The first kappa shape index (κ1) is 9.02. The first-order valence-electron chi connectivity index (χ1n) is 26.2. The highest BCUT2D eigenvalue weighted by atomic mass is 14.2. The van der Waals surface area contributed by atoms with E-state index in [9.17, 15) is 12.3 Å². The van der Waals surface area contributed by atoms with Crippen molar-refractivity contribution in [1.29, 1.82) is 0 Å². The number of fused-ring (bicyclic) bond motifs is 3. The van der Waals surface area contributed by atoms with Crippen molar-refractivity contribution >= 4 is 32.3 Å². The van der Waals surface area contributed by atoms with Crippen molar-refractivity contribution in [3.8, 4) is 44.5 Å². The van der Waals surface area contributed by atoms with Gasteiger partial charge in [-0.25, -0.2) is 0 Å². The maximum absolute atomic E-state index is 9.84. The fourth-order valence-electron chi connectivity index (χ4n) is 4.62. The summed E-state index contributed by atoms with van der Waals surface area (Å²) in [4.78, 5) is 0. The zero-order chi connectivity index (χ0) is 52.2. The zero-order valence-electron chi connectivity index (χ0n) is 49.0. The highest BCUT2D eigenvalue weighted by Gasteiger charge is 2.18. The third-order valence-corrected chi connectivity index (χ3v) is 6.38. The second-order valence-corrected chi connectivity index (χ2v) is 8.75. The van der Waals surface area contributed by atoms with Gasteiger partial charge in [0.25, 0.3) is 0 Å². The van der Waals surface area contributed by atoms with Crippen LogP contribution in [0, 0.1) is 0 Å². The molecule has 0 saturated carbocycles. The van der Waals surface area contributed by atoms with E-state index in [-0.39, 0.29) is 0 Å². The number of benzene rings is 8. The topological polar surface area (TPSA) is 0 Å². The minimum Gasteiger partial charge on any atom is -0.0622 e. The Hall–Kier alpha value is -5.46. The molecule has 0 heterocycles. The first-order valence-corrected chi connectivity index (χ1v) is 12.2. The van der Waals surface area contributed by atoms with E-state index in [0.29, 0.717) is 0 Å². The minimum atomic E-state index is -1.16. The monoisotopic (exact) mass is 560 g/mol. The third kappa shape index (κ3) is 4.17. The van der Waals surface area contributed by atoms with Crippen LogP contribution < -0.4 is 0 Å². The molecule has 0 fully saturated rings. The van der Waals surface area contributed by atoms with E-state index in [1.54, 1.807) is 0 Å². The lowest BCUT2D eigenvalue weighted by Crippen LogP contribution is -1.92. The van der Waals surface area contributed by atoms with Crippen molar-refractivity contribution < 1.29 is 38.4 Å². The summed E-state index contributed by atoms with van der Waals surface area (Å²) in [6.07, 6.45) is 0. The Bertz CT molecular complexity index is 3570. The molecule has 0 saturated heterocycles. The van der Waals surface area contributed by atoms with E-state index in [0.717, 1.165) is 0 Å². The van der Waals surface area contributed by atoms with Crippen LogP contribution >= 0.6 is 0 Å². The smallest absolute Gasteiger partial charge is 0.0622 e. The molecule has 0 heteroatoms. The zero-order valence-corrected chi connectivity index (χ0v) is 21.0. The molecule has 0 atom stereocenters. The molecule has 0 nitrogen and oxygen atoms in total. The van der Waals surface area contributed by atoms with Crippen LogP contribution in [0.15, 0.2) is 169 Å². The predicted octanol–water partition coefficient (Wildman–Crippen LogP) is 11.8. The maximum Gasteiger partial charge on any atom is 0.0636 e. The Morgan fingerprint density at radius 2 is 0.667 bits per heavy atom. The summed E-state index contributed by atoms with van der Waals surface area (Å²) in [5, 5.41) is -4.54. The van der Waals surface area contributed by atoms with Crippen LogP contribution in [0.3, 0.4) is 0 Å². The van der Waals surface area contributed by atoms with E-state index in [2.05, 4.69) is 0 Å². The summed E-state index contributed by atoms with van der Waals surface area (Å²) in [6, 6.07) is -28.1. The molecule has 0 N–H and O–H groups in total. The molecule has 0 bridgehead atoms. The van der Waals surface area contributed by atoms with E-state index in [4.69, 9.17) is 26.0 Å². The average molecular weight is 561 g/mol. The van der Waals surface area contributed by atoms with Gasteiger partial charge in [-0.1, -0.05) is 145 Å². The highest BCUT2D eigenvalue weighted by Crippen LogP contribution is 2.45. The van der Waals surface area contributed by atoms with Crippen molar-refractivity contribution in [2.75, 3.05) is 0 Å². The number of rotatable bonds is 4. The number of hydrogen-bond acceptors (Lipinski definition) is 0. The molecular weight excluding hydrogens is 504 g/mol. The first-order chi connectivity index (χ1) is 32.5. The molecule has 0 spiro atoms. The van der Waals surface area contributed by atoms with Crippen molar-refractivity contribution in [2.24, 2.45) is 0 Å². The molecule has 8 rings (SSSR count). The molecule has 196 valence electrons. The summed E-state index contributed by atoms with van der Waals surface area (Å²) in [5.74, 6) is 0. The molecule has 0 amide bonds. The van der Waals surface area contributed by atoms with E-state index >= 15 is 0 Å². The van der Waals surface area contributed by atoms with Crippen molar-refractivity contribution in [2.45, 2.75) is 0 Å². The third-order valence-electron chi connectivity index (χ3n) is 6.38. The lowest BCUT2D eigenvalue weighted by atomic mass is 9.84. The van der Waals surface area contributed by atoms with Crippen molar-refractivity contribution in [1.82, 2.24) is 0 Å². The Kier molecular flexibility index (Phi) is 2.19. The van der Waals surface area contributed by atoms with Gasteiger partial charge in [-0.2, -0.15) is 0 Å². The molecule has 0 aliphatic carbocycles. The molecule has 0 aliphatic heterocycles. The molecule has 8 aromatic carbocycles. The van der Waals surface area contributed by atoms with Crippen LogP contribution in [0.4, 0.5) is 0 Å². The second kappa shape index (κ2) is 10.2. The molecule has 8 aromatic rings. The Morgan fingerprint density at radius 1 is 0.262 bits per heavy atom. The van der Waals surface area contributed by atoms with Gasteiger partial charge in [0.1, 0.15) is 0 Å². The van der Waals surface area contributed by atoms with Gasteiger partial charge >= 0.3 is 0 Å². The molecule has 0 unspecified atom stereocenters. The van der Waals surface area contributed by atoms with E-state index in [1.807, 2.05) is 0 Å². The largest absolute Gasteiger partial charge is 0.0636 e. The lowest BCUT2D eigenvalue weighted by Gasteiger charge is -2.19. The van der Waals surface area contributed by atoms with Gasteiger partial charge in [0.15, 0.2) is 0 Å². The van der Waals surface area contributed by atoms with Gasteiger partial charge in [0.2, 0.25) is 0 Å². The fraction of sp³-hybridized carbons (Fsp3) is 0. The Balaban J connectivity index is 1.80. The Morgan fingerprint density at radius 3 is 1.19 bits per heavy atom. The summed E-state index contributed by atoms with van der Waals surface area (Å²) in [7, 11) is 0. The van der Waals surface area contributed by atoms with Crippen LogP contribution in [0.5, 0.6) is 0 Å². The quantitative estimate of drug-likeness (QED) is 0.188. The Labute approximate surface area is 285 Å². The van der Waals surface area contributed by atoms with Crippen LogP contribution in [0.2, 0.25) is 0 Å². The standard InChI is InChI=1S/C42H28/c1-3-13-29(14-4-1)34-26-35(30-15-5-2-6-16-30)28-36(27-34)42-39-21-11-9-19-37(39)41(38-20-10-12-22-40(38)42)33-24-23-31-17-7-8-18-32(31)25-33/h1-28H/i1D,2D,3D,4D,5D,6D,7D,8D,9D,10D,11D,12D,13D,14D,15D,16D,17D,18D,19D,20D,21D,22D,23D,24D,25D,26D,27D,28D. The van der Waals surface area contributed by atoms with Gasteiger partial charge in [-0.15, -0.1) is 0 Å². The van der Waals surface area contributed by atoms with Crippen molar-refractivity contribution in [3.63, 3.8) is 0 Å². The highest BCUT2D eigenvalue weighted by molar-refractivity contribution is 6.22. The SMILES string of the molecule is [2H]c1c([2H])c([2H])c(-c2c([2H])c(-c3c([2H])c([2H])c([2H])c([2H])c3[2H])c([2H])c(-c3c4c([2H])c([2H])c([2H])c([2H])c4c(-c4c([2H])c([2H])c5c([2H])c([2H])c([2H])c([2H])c5c4[2H])c4c([2H])c([2H])c([2H])c([2H])c34)c2[2H])c([2H])c1[2H]. The van der Waals surface area contributed by atoms with Gasteiger partial charge < -0.3 is 0 Å². The maximum atomic E-state index is 9.84. The fourth-order valence-corrected chi connectivity index (χ4v) is 4.62. The summed E-state index contributed by atoms with van der Waals surface area (Å²) in [6.45, 7) is 0. The predicted molar refractivity (Wildman–Crippen MR) is 181 cm³/mol. The van der Waals surface area contributed by atoms with Crippen molar-refractivity contribution in [3.05, 3.63) is 169 Å². The molecule has 42 heavy (non-hydrogen) atoms. The molecule has 0 aliphatic rings. The van der Waals surface area contributed by atoms with Gasteiger partial charge in [0.05, 0.1) is 38.4 Å². The molecule has 0 aromatic heterocycles. The lowest BCUT2D eigenvalue weighted by molar-refractivity contribution is 1.58. The summed E-state index contributed by atoms with van der Waals surface area (Å²) < 4.78 is 250. The van der Waals surface area contributed by atoms with Crippen LogP contribution in [-0.2, 0) is 0 Å². The van der Waals surface area contributed by atoms with Gasteiger partial charge in [-0.3, -0.25) is 0 Å². The average Bonchev–Trinajstić information content (AvgIpc) is 3.32. The summed E-state index contributed by atoms with van der Waals surface area (Å²) in [5.41, 5.74) is -7.14. The minimum absolute atomic E-state index is 0.604. The molecular formula is C42H28. The second-order valence-electron chi connectivity index (χ2n) is 8.75. The van der Waals surface area contributed by atoms with E-state index < -0.39 is 246 Å². The normalized spacial score (nSPS) is 20.7. The van der Waals surface area contributed by atoms with Crippen LogP contribution in [-0.4, -0.2) is 0 Å². The van der Waals surface area contributed by atoms with E-state index in [1.165, 1.54) is 0 Å². The summed E-state index contributed by atoms with van der Waals surface area (Å²) >= 11 is 0. The number of hydrogen-bond donors (Lipinski definition) is 0. The molecule has 0 radical (unpaired) electrons. The van der Waals surface area contributed by atoms with Gasteiger partial charge in [0, 0.05) is 0 Å². The van der Waals surface area contributed by atoms with Gasteiger partial charge in [-0.05, 0) is 101 Å².